The standard InChI is InChI=1S/C20H26N2O3/c1-13(19-14(2)22-25-15(19)3)20(23)21-17-11-7-8-12-18(17)24-16-9-5-4-6-10-16/h4-6,9-10,13,17-18H,7-8,11-12H2,1-3H3,(H,21,23)/t13-,17+,18-/m0/s1. The molecule has 3 rings (SSSR count). The van der Waals surface area contributed by atoms with Gasteiger partial charge in [-0.05, 0) is 52.2 Å². The molecule has 0 spiro atoms. The Balaban J connectivity index is 1.67. The molecular formula is C20H26N2O3. The van der Waals surface area contributed by atoms with Crippen LogP contribution < -0.4 is 10.1 Å². The van der Waals surface area contributed by atoms with Crippen LogP contribution in [0.1, 0.15) is 55.5 Å². The van der Waals surface area contributed by atoms with Crippen molar-refractivity contribution in [2.45, 2.75) is 64.5 Å². The van der Waals surface area contributed by atoms with E-state index in [4.69, 9.17) is 9.26 Å². The second kappa shape index (κ2) is 7.72. The Kier molecular flexibility index (Phi) is 5.41. The number of nitrogens with zero attached hydrogens (tertiary/aromatic N) is 1. The summed E-state index contributed by atoms with van der Waals surface area (Å²) in [5.74, 6) is 1.28. The van der Waals surface area contributed by atoms with Crippen LogP contribution in [0.4, 0.5) is 0 Å². The molecule has 2 aromatic rings. The minimum atomic E-state index is -0.287. The maximum atomic E-state index is 12.8. The van der Waals surface area contributed by atoms with Gasteiger partial charge in [0.05, 0.1) is 17.7 Å². The molecule has 0 aliphatic heterocycles. The van der Waals surface area contributed by atoms with Crippen LogP contribution in [0.3, 0.4) is 0 Å². The lowest BCUT2D eigenvalue weighted by molar-refractivity contribution is -0.124. The molecule has 1 heterocycles. The van der Waals surface area contributed by atoms with Gasteiger partial charge in [-0.1, -0.05) is 29.8 Å². The minimum absolute atomic E-state index is 0.00274. The van der Waals surface area contributed by atoms with Gasteiger partial charge in [0.2, 0.25) is 5.91 Å². The van der Waals surface area contributed by atoms with E-state index in [1.165, 1.54) is 0 Å². The van der Waals surface area contributed by atoms with Crippen molar-refractivity contribution >= 4 is 5.91 Å². The first-order valence-corrected chi connectivity index (χ1v) is 9.01. The quantitative estimate of drug-likeness (QED) is 0.895. The molecule has 1 aromatic carbocycles. The summed E-state index contributed by atoms with van der Waals surface area (Å²) in [6.45, 7) is 5.62. The Morgan fingerprint density at radius 3 is 2.64 bits per heavy atom. The number of benzene rings is 1. The van der Waals surface area contributed by atoms with Crippen molar-refractivity contribution in [3.8, 4) is 5.75 Å². The topological polar surface area (TPSA) is 64.4 Å². The van der Waals surface area contributed by atoms with Gasteiger partial charge in [0.1, 0.15) is 17.6 Å². The molecule has 3 atom stereocenters. The Morgan fingerprint density at radius 2 is 1.96 bits per heavy atom. The molecule has 0 bridgehead atoms. The summed E-state index contributed by atoms with van der Waals surface area (Å²) >= 11 is 0. The van der Waals surface area contributed by atoms with Crippen LogP contribution in [0.15, 0.2) is 34.9 Å². The highest BCUT2D eigenvalue weighted by molar-refractivity contribution is 5.84. The fourth-order valence-corrected chi connectivity index (χ4v) is 3.62. The van der Waals surface area contributed by atoms with Crippen molar-refractivity contribution in [3.63, 3.8) is 0 Å². The molecule has 134 valence electrons. The predicted octanol–water partition coefficient (Wildman–Crippen LogP) is 3.90. The molecule has 1 aromatic heterocycles. The summed E-state index contributed by atoms with van der Waals surface area (Å²) in [6, 6.07) is 9.85. The average molecular weight is 342 g/mol. The lowest BCUT2D eigenvalue weighted by atomic mass is 9.91. The van der Waals surface area contributed by atoms with E-state index >= 15 is 0 Å². The molecule has 1 amide bonds. The first-order valence-electron chi connectivity index (χ1n) is 9.01. The molecule has 0 saturated heterocycles. The number of rotatable bonds is 5. The third-order valence-electron chi connectivity index (χ3n) is 4.98. The van der Waals surface area contributed by atoms with Gasteiger partial charge in [0, 0.05) is 5.56 Å². The van der Waals surface area contributed by atoms with Crippen molar-refractivity contribution in [3.05, 3.63) is 47.3 Å². The Labute approximate surface area is 148 Å². The second-order valence-electron chi connectivity index (χ2n) is 6.83. The second-order valence-corrected chi connectivity index (χ2v) is 6.83. The molecule has 1 aliphatic carbocycles. The van der Waals surface area contributed by atoms with Crippen LogP contribution in [0.5, 0.6) is 5.75 Å². The van der Waals surface area contributed by atoms with E-state index in [-0.39, 0.29) is 24.0 Å². The number of ether oxygens (including phenoxy) is 1. The number of aromatic nitrogens is 1. The highest BCUT2D eigenvalue weighted by atomic mass is 16.5. The van der Waals surface area contributed by atoms with Crippen molar-refractivity contribution < 1.29 is 14.1 Å². The summed E-state index contributed by atoms with van der Waals surface area (Å²) in [5, 5.41) is 7.16. The van der Waals surface area contributed by atoms with Gasteiger partial charge in [0.15, 0.2) is 0 Å². The molecule has 5 nitrogen and oxygen atoms in total. The Bertz CT molecular complexity index is 691. The zero-order valence-electron chi connectivity index (χ0n) is 15.1. The maximum absolute atomic E-state index is 12.8. The number of carbonyl (C=O) groups is 1. The first-order chi connectivity index (χ1) is 12.1. The van der Waals surface area contributed by atoms with E-state index in [1.54, 1.807) is 0 Å². The SMILES string of the molecule is Cc1noc(C)c1[C@H](C)C(=O)N[C@@H]1CCCC[C@@H]1Oc1ccccc1. The van der Waals surface area contributed by atoms with Crippen LogP contribution in [0.2, 0.25) is 0 Å². The highest BCUT2D eigenvalue weighted by Crippen LogP contribution is 2.27. The van der Waals surface area contributed by atoms with Gasteiger partial charge in [-0.3, -0.25) is 4.79 Å². The molecule has 25 heavy (non-hydrogen) atoms. The van der Waals surface area contributed by atoms with Crippen LogP contribution >= 0.6 is 0 Å². The lowest BCUT2D eigenvalue weighted by Gasteiger charge is -2.33. The number of hydrogen-bond donors (Lipinski definition) is 1. The summed E-state index contributed by atoms with van der Waals surface area (Å²) in [7, 11) is 0. The lowest BCUT2D eigenvalue weighted by Crippen LogP contribution is -2.48. The highest BCUT2D eigenvalue weighted by Gasteiger charge is 2.31. The van der Waals surface area contributed by atoms with Crippen molar-refractivity contribution in [1.29, 1.82) is 0 Å². The fourth-order valence-electron chi connectivity index (χ4n) is 3.62. The van der Waals surface area contributed by atoms with E-state index in [0.717, 1.165) is 42.7 Å². The molecule has 5 heteroatoms. The van der Waals surface area contributed by atoms with Crippen molar-refractivity contribution in [2.75, 3.05) is 0 Å². The van der Waals surface area contributed by atoms with Gasteiger partial charge in [-0.2, -0.15) is 0 Å². The van der Waals surface area contributed by atoms with Crippen LogP contribution in [-0.4, -0.2) is 23.2 Å². The summed E-state index contributed by atoms with van der Waals surface area (Å²) in [5.41, 5.74) is 1.66. The summed E-state index contributed by atoms with van der Waals surface area (Å²) < 4.78 is 11.3. The molecule has 1 fully saturated rings. The molecule has 1 aliphatic rings. The van der Waals surface area contributed by atoms with E-state index in [1.807, 2.05) is 51.1 Å². The van der Waals surface area contributed by atoms with Gasteiger partial charge < -0.3 is 14.6 Å². The molecule has 1 N–H and O–H groups in total. The van der Waals surface area contributed by atoms with Gasteiger partial charge >= 0.3 is 0 Å². The van der Waals surface area contributed by atoms with Crippen molar-refractivity contribution in [1.82, 2.24) is 10.5 Å². The summed E-state index contributed by atoms with van der Waals surface area (Å²) in [4.78, 5) is 12.8. The smallest absolute Gasteiger partial charge is 0.227 e. The normalized spacial score (nSPS) is 21.6. The van der Waals surface area contributed by atoms with Crippen LogP contribution in [-0.2, 0) is 4.79 Å². The number of carbonyl (C=O) groups excluding carboxylic acids is 1. The third-order valence-corrected chi connectivity index (χ3v) is 4.98. The van der Waals surface area contributed by atoms with Crippen LogP contribution in [0.25, 0.3) is 0 Å². The molecule has 0 radical (unpaired) electrons. The molecular weight excluding hydrogens is 316 g/mol. The van der Waals surface area contributed by atoms with Crippen LogP contribution in [0, 0.1) is 13.8 Å². The molecule has 0 unspecified atom stereocenters. The van der Waals surface area contributed by atoms with Gasteiger partial charge in [-0.25, -0.2) is 0 Å². The maximum Gasteiger partial charge on any atom is 0.227 e. The Morgan fingerprint density at radius 1 is 1.24 bits per heavy atom. The monoisotopic (exact) mass is 342 g/mol. The van der Waals surface area contributed by atoms with Gasteiger partial charge in [0.25, 0.3) is 0 Å². The number of para-hydroxylation sites is 1. The number of hydrogen-bond acceptors (Lipinski definition) is 4. The largest absolute Gasteiger partial charge is 0.488 e. The number of nitrogens with one attached hydrogen (secondary N) is 1. The molecule has 1 saturated carbocycles. The number of aryl methyl sites for hydroxylation is 2. The third kappa shape index (κ3) is 4.03. The van der Waals surface area contributed by atoms with E-state index < -0.39 is 0 Å². The zero-order chi connectivity index (χ0) is 17.8. The minimum Gasteiger partial charge on any atom is -0.488 e. The fraction of sp³-hybridized carbons (Fsp3) is 0.500. The number of amides is 1. The summed E-state index contributed by atoms with van der Waals surface area (Å²) in [6.07, 6.45) is 4.15. The van der Waals surface area contributed by atoms with Gasteiger partial charge in [-0.15, -0.1) is 0 Å². The van der Waals surface area contributed by atoms with E-state index in [2.05, 4.69) is 10.5 Å². The predicted molar refractivity (Wildman–Crippen MR) is 95.6 cm³/mol. The first kappa shape index (κ1) is 17.5. The van der Waals surface area contributed by atoms with E-state index in [9.17, 15) is 4.79 Å². The van der Waals surface area contributed by atoms with Crippen molar-refractivity contribution in [2.24, 2.45) is 0 Å². The zero-order valence-corrected chi connectivity index (χ0v) is 15.1. The Hall–Kier alpha value is -2.30. The van der Waals surface area contributed by atoms with E-state index in [0.29, 0.717) is 5.76 Å². The average Bonchev–Trinajstić information content (AvgIpc) is 2.95.